The van der Waals surface area contributed by atoms with Crippen LogP contribution in [-0.4, -0.2) is 11.3 Å². The summed E-state index contributed by atoms with van der Waals surface area (Å²) in [6.07, 6.45) is 2.48. The zero-order valence-corrected chi connectivity index (χ0v) is 9.71. The number of aryl methyl sites for hydroxylation is 1. The van der Waals surface area contributed by atoms with Crippen molar-refractivity contribution in [1.82, 2.24) is 5.43 Å². The Labute approximate surface area is 99.8 Å². The molecule has 0 bridgehead atoms. The van der Waals surface area contributed by atoms with Crippen LogP contribution < -0.4 is 11.2 Å². The molecule has 0 aliphatic rings. The van der Waals surface area contributed by atoms with Crippen molar-refractivity contribution in [3.8, 4) is 6.07 Å². The van der Waals surface area contributed by atoms with E-state index in [1.54, 1.807) is 12.3 Å². The first-order chi connectivity index (χ1) is 7.67. The van der Waals surface area contributed by atoms with Gasteiger partial charge in [0, 0.05) is 0 Å². The lowest BCUT2D eigenvalue weighted by molar-refractivity contribution is 1.04. The van der Waals surface area contributed by atoms with Crippen molar-refractivity contribution in [2.45, 2.75) is 13.3 Å². The second kappa shape index (κ2) is 5.83. The molecule has 0 saturated carbocycles. The lowest BCUT2D eigenvalue weighted by Gasteiger charge is -2.03. The van der Waals surface area contributed by atoms with Gasteiger partial charge in [-0.3, -0.25) is 5.43 Å². The molecule has 0 aliphatic carbocycles. The Morgan fingerprint density at radius 2 is 2.44 bits per heavy atom. The summed E-state index contributed by atoms with van der Waals surface area (Å²) < 4.78 is 0. The molecule has 0 fully saturated rings. The Hall–Kier alpha value is -1.93. The van der Waals surface area contributed by atoms with Gasteiger partial charge in [0.25, 0.3) is 0 Å². The van der Waals surface area contributed by atoms with Gasteiger partial charge in [0.2, 0.25) is 0 Å². The maximum Gasteiger partial charge on any atom is 0.184 e. The number of nitrogens with two attached hydrogens (primary N) is 1. The molecule has 0 atom stereocenters. The van der Waals surface area contributed by atoms with Crippen LogP contribution in [-0.2, 0) is 6.42 Å². The highest BCUT2D eigenvalue weighted by Crippen LogP contribution is 2.10. The number of thiocarbonyl (C=S) groups is 1. The number of rotatable bonds is 3. The van der Waals surface area contributed by atoms with Crippen LogP contribution in [0.2, 0.25) is 0 Å². The summed E-state index contributed by atoms with van der Waals surface area (Å²) in [6, 6.07) is 7.55. The molecule has 16 heavy (non-hydrogen) atoms. The van der Waals surface area contributed by atoms with Crippen LogP contribution in [0, 0.1) is 11.3 Å². The molecule has 0 aromatic heterocycles. The summed E-state index contributed by atoms with van der Waals surface area (Å²) in [6.45, 7) is 2.02. The Morgan fingerprint density at radius 1 is 1.69 bits per heavy atom. The SMILES string of the molecule is CCc1cc(C#N)ccc1C=NNC(N)=S. The Balaban J connectivity index is 2.92. The van der Waals surface area contributed by atoms with Gasteiger partial charge >= 0.3 is 0 Å². The van der Waals surface area contributed by atoms with Gasteiger partial charge in [0.1, 0.15) is 0 Å². The van der Waals surface area contributed by atoms with E-state index in [4.69, 9.17) is 11.0 Å². The third-order valence-electron chi connectivity index (χ3n) is 2.03. The summed E-state index contributed by atoms with van der Waals surface area (Å²) in [4.78, 5) is 0. The molecular weight excluding hydrogens is 220 g/mol. The second-order valence-electron chi connectivity index (χ2n) is 3.11. The molecule has 0 aliphatic heterocycles. The quantitative estimate of drug-likeness (QED) is 0.468. The number of hydrazone groups is 1. The van der Waals surface area contributed by atoms with Gasteiger partial charge in [-0.15, -0.1) is 0 Å². The van der Waals surface area contributed by atoms with Crippen LogP contribution in [0.4, 0.5) is 0 Å². The highest BCUT2D eigenvalue weighted by Gasteiger charge is 1.99. The topological polar surface area (TPSA) is 74.2 Å². The minimum absolute atomic E-state index is 0.128. The minimum Gasteiger partial charge on any atom is -0.375 e. The van der Waals surface area contributed by atoms with E-state index in [0.717, 1.165) is 17.5 Å². The lowest BCUT2D eigenvalue weighted by Crippen LogP contribution is -2.24. The average molecular weight is 232 g/mol. The first kappa shape index (κ1) is 12.1. The van der Waals surface area contributed by atoms with E-state index < -0.39 is 0 Å². The van der Waals surface area contributed by atoms with E-state index in [-0.39, 0.29) is 5.11 Å². The largest absolute Gasteiger partial charge is 0.375 e. The van der Waals surface area contributed by atoms with Crippen LogP contribution in [0.25, 0.3) is 0 Å². The summed E-state index contributed by atoms with van der Waals surface area (Å²) >= 11 is 4.62. The highest BCUT2D eigenvalue weighted by atomic mass is 32.1. The van der Waals surface area contributed by atoms with E-state index in [0.29, 0.717) is 5.56 Å². The molecule has 0 unspecified atom stereocenters. The van der Waals surface area contributed by atoms with Gasteiger partial charge in [0.05, 0.1) is 17.8 Å². The molecule has 0 saturated heterocycles. The first-order valence-electron chi connectivity index (χ1n) is 4.79. The number of nitriles is 1. The van der Waals surface area contributed by atoms with Gasteiger partial charge in [-0.25, -0.2) is 0 Å². The van der Waals surface area contributed by atoms with Crippen molar-refractivity contribution >= 4 is 23.5 Å². The van der Waals surface area contributed by atoms with Crippen LogP contribution in [0.5, 0.6) is 0 Å². The molecule has 0 amide bonds. The Bertz CT molecular complexity index is 460. The first-order valence-corrected chi connectivity index (χ1v) is 5.19. The second-order valence-corrected chi connectivity index (χ2v) is 3.55. The van der Waals surface area contributed by atoms with Crippen molar-refractivity contribution in [2.75, 3.05) is 0 Å². The minimum atomic E-state index is 0.128. The fraction of sp³-hybridized carbons (Fsp3) is 0.182. The van der Waals surface area contributed by atoms with Gasteiger partial charge < -0.3 is 5.73 Å². The van der Waals surface area contributed by atoms with Gasteiger partial charge in [-0.05, 0) is 41.9 Å². The Morgan fingerprint density at radius 3 is 3.00 bits per heavy atom. The molecular formula is C11H12N4S. The molecule has 1 aromatic rings. The third kappa shape index (κ3) is 3.33. The van der Waals surface area contributed by atoms with Crippen molar-refractivity contribution in [2.24, 2.45) is 10.8 Å². The van der Waals surface area contributed by atoms with Crippen molar-refractivity contribution < 1.29 is 0 Å². The van der Waals surface area contributed by atoms with Crippen LogP contribution >= 0.6 is 12.2 Å². The number of nitrogens with zero attached hydrogens (tertiary/aromatic N) is 2. The lowest BCUT2D eigenvalue weighted by atomic mass is 10.0. The molecule has 82 valence electrons. The number of hydrogen-bond donors (Lipinski definition) is 2. The number of benzene rings is 1. The standard InChI is InChI=1S/C11H12N4S/c1-2-9-5-8(6-12)3-4-10(9)7-14-15-11(13)16/h3-5,7H,2H2,1H3,(H3,13,15,16). The predicted molar refractivity (Wildman–Crippen MR) is 68.1 cm³/mol. The molecule has 1 rings (SSSR count). The molecule has 5 heteroatoms. The van der Waals surface area contributed by atoms with Crippen LogP contribution in [0.3, 0.4) is 0 Å². The summed E-state index contributed by atoms with van der Waals surface area (Å²) in [5.74, 6) is 0. The molecule has 0 spiro atoms. The normalized spacial score (nSPS) is 10.0. The van der Waals surface area contributed by atoms with E-state index in [1.165, 1.54) is 0 Å². The Kier molecular flexibility index (Phi) is 4.42. The van der Waals surface area contributed by atoms with Gasteiger partial charge in [0.15, 0.2) is 5.11 Å². The van der Waals surface area contributed by atoms with Gasteiger partial charge in [-0.2, -0.15) is 10.4 Å². The van der Waals surface area contributed by atoms with E-state index >= 15 is 0 Å². The summed E-state index contributed by atoms with van der Waals surface area (Å²) in [5, 5.41) is 12.8. The maximum absolute atomic E-state index is 8.77. The fourth-order valence-corrected chi connectivity index (χ4v) is 1.33. The molecule has 4 nitrogen and oxygen atoms in total. The van der Waals surface area contributed by atoms with E-state index in [9.17, 15) is 0 Å². The molecule has 0 radical (unpaired) electrons. The van der Waals surface area contributed by atoms with Crippen molar-refractivity contribution in [3.05, 3.63) is 34.9 Å². The monoisotopic (exact) mass is 232 g/mol. The zero-order chi connectivity index (χ0) is 12.0. The summed E-state index contributed by atoms with van der Waals surface area (Å²) in [7, 11) is 0. The number of nitrogens with one attached hydrogen (secondary N) is 1. The average Bonchev–Trinajstić information content (AvgIpc) is 2.29. The summed E-state index contributed by atoms with van der Waals surface area (Å²) in [5.41, 5.74) is 10.4. The van der Waals surface area contributed by atoms with Crippen molar-refractivity contribution in [1.29, 1.82) is 5.26 Å². The molecule has 3 N–H and O–H groups in total. The highest BCUT2D eigenvalue weighted by molar-refractivity contribution is 7.80. The van der Waals surface area contributed by atoms with E-state index in [2.05, 4.69) is 28.8 Å². The molecule has 1 aromatic carbocycles. The smallest absolute Gasteiger partial charge is 0.184 e. The zero-order valence-electron chi connectivity index (χ0n) is 8.90. The third-order valence-corrected chi connectivity index (χ3v) is 2.12. The van der Waals surface area contributed by atoms with Gasteiger partial charge in [-0.1, -0.05) is 13.0 Å². The van der Waals surface area contributed by atoms with Crippen LogP contribution in [0.1, 0.15) is 23.6 Å². The maximum atomic E-state index is 8.77. The fourth-order valence-electron chi connectivity index (χ4n) is 1.27. The van der Waals surface area contributed by atoms with Crippen LogP contribution in [0.15, 0.2) is 23.3 Å². The van der Waals surface area contributed by atoms with Crippen molar-refractivity contribution in [3.63, 3.8) is 0 Å². The number of hydrogen-bond acceptors (Lipinski definition) is 3. The predicted octanol–water partition coefficient (Wildman–Crippen LogP) is 1.29. The van der Waals surface area contributed by atoms with E-state index in [1.807, 2.05) is 19.1 Å². The molecule has 0 heterocycles.